The number of nitrogens with two attached hydrogens (primary N) is 1. The Balaban J connectivity index is 2.48. The molecule has 0 saturated carbocycles. The third-order valence-electron chi connectivity index (χ3n) is 4.03. The van der Waals surface area contributed by atoms with Crippen LogP contribution in [0.3, 0.4) is 0 Å². The van der Waals surface area contributed by atoms with Crippen LogP contribution in [0.4, 0.5) is 14.9 Å². The van der Waals surface area contributed by atoms with Gasteiger partial charge in [-0.25, -0.2) is 18.5 Å². The average molecular weight is 430 g/mol. The first-order chi connectivity index (χ1) is 13.0. The maximum atomic E-state index is 14.0. The smallest absolute Gasteiger partial charge is 0.354 e. The second-order valence-corrected chi connectivity index (χ2v) is 9.55. The van der Waals surface area contributed by atoms with Crippen LogP contribution in [0, 0.1) is 5.82 Å². The molecule has 1 heterocycles. The lowest BCUT2D eigenvalue weighted by Gasteiger charge is -2.19. The van der Waals surface area contributed by atoms with Crippen molar-refractivity contribution in [3.63, 3.8) is 0 Å². The zero-order valence-electron chi connectivity index (χ0n) is 16.3. The van der Waals surface area contributed by atoms with E-state index in [-0.39, 0.29) is 26.9 Å². The fourth-order valence-corrected chi connectivity index (χ4v) is 4.75. The number of anilines is 1. The zero-order chi connectivity index (χ0) is 21.2. The number of urea groups is 1. The summed E-state index contributed by atoms with van der Waals surface area (Å²) in [5, 5.41) is 18.2. The lowest BCUT2D eigenvalue weighted by Crippen LogP contribution is -2.19. The van der Waals surface area contributed by atoms with Crippen LogP contribution in [-0.2, 0) is 9.92 Å². The highest BCUT2D eigenvalue weighted by Gasteiger charge is 2.22. The van der Waals surface area contributed by atoms with Crippen LogP contribution in [0.1, 0.15) is 50.7 Å². The van der Waals surface area contributed by atoms with Crippen LogP contribution in [0.15, 0.2) is 27.5 Å². The van der Waals surface area contributed by atoms with Crippen molar-refractivity contribution >= 4 is 33.0 Å². The van der Waals surface area contributed by atoms with E-state index < -0.39 is 21.8 Å². The van der Waals surface area contributed by atoms with Gasteiger partial charge < -0.3 is 15.2 Å². The van der Waals surface area contributed by atoms with Gasteiger partial charge in [-0.1, -0.05) is 39.0 Å². The lowest BCUT2D eigenvalue weighted by atomic mass is 9.92. The van der Waals surface area contributed by atoms with Crippen molar-refractivity contribution < 1.29 is 23.2 Å². The minimum atomic E-state index is -3.70. The molecule has 2 aromatic rings. The van der Waals surface area contributed by atoms with Gasteiger partial charge in [0.05, 0.1) is 7.11 Å². The Bertz CT molecular complexity index is 979. The number of thiophene rings is 1. The van der Waals surface area contributed by atoms with Gasteiger partial charge in [-0.15, -0.1) is 4.36 Å². The number of amides is 2. The standard InChI is InChI=1S/C18H24FN3O4S2/c1-9(2)12-6-11(19)7-13(10(3)4)16(12)21-18(24)22-28(20,25)14-8-15(26-5)27-17(14)23/h6-10,23H,1-5H3,(H3,20,21,22,24,25). The molecule has 0 fully saturated rings. The second kappa shape index (κ2) is 8.46. The summed E-state index contributed by atoms with van der Waals surface area (Å²) in [6.45, 7) is 7.47. The lowest BCUT2D eigenvalue weighted by molar-refractivity contribution is 0.260. The van der Waals surface area contributed by atoms with Gasteiger partial charge in [-0.2, -0.15) is 0 Å². The summed E-state index contributed by atoms with van der Waals surface area (Å²) >= 11 is 0.827. The first-order valence-electron chi connectivity index (χ1n) is 8.52. The van der Waals surface area contributed by atoms with Crippen LogP contribution >= 0.6 is 11.3 Å². The molecular weight excluding hydrogens is 405 g/mol. The molecule has 1 atom stereocenters. The van der Waals surface area contributed by atoms with Crippen molar-refractivity contribution in [2.45, 2.75) is 44.4 Å². The first-order valence-corrected chi connectivity index (χ1v) is 10.9. The fraction of sp³-hybridized carbons (Fsp3) is 0.389. The molecule has 2 rings (SSSR count). The van der Waals surface area contributed by atoms with Gasteiger partial charge in [0.25, 0.3) is 0 Å². The van der Waals surface area contributed by atoms with E-state index in [9.17, 15) is 18.5 Å². The number of rotatable bonds is 5. The summed E-state index contributed by atoms with van der Waals surface area (Å²) in [6, 6.07) is 3.02. The highest BCUT2D eigenvalue weighted by Crippen LogP contribution is 2.38. The number of halogens is 1. The van der Waals surface area contributed by atoms with Gasteiger partial charge in [0.2, 0.25) is 0 Å². The number of benzene rings is 1. The number of nitrogens with zero attached hydrogens (tertiary/aromatic N) is 1. The summed E-state index contributed by atoms with van der Waals surface area (Å²) in [4.78, 5) is 12.3. The number of aromatic hydroxyl groups is 1. The molecule has 154 valence electrons. The van der Waals surface area contributed by atoms with E-state index in [4.69, 9.17) is 9.88 Å². The molecule has 0 radical (unpaired) electrons. The van der Waals surface area contributed by atoms with Crippen LogP contribution in [0.5, 0.6) is 10.1 Å². The summed E-state index contributed by atoms with van der Waals surface area (Å²) in [6.07, 6.45) is 0. The minimum Gasteiger partial charge on any atom is -0.498 e. The van der Waals surface area contributed by atoms with Crippen molar-refractivity contribution in [1.82, 2.24) is 0 Å². The molecule has 0 aliphatic rings. The first kappa shape index (κ1) is 22.1. The van der Waals surface area contributed by atoms with Gasteiger partial charge >= 0.3 is 6.03 Å². The number of carbonyl (C=O) groups is 1. The quantitative estimate of drug-likeness (QED) is 0.634. The van der Waals surface area contributed by atoms with E-state index in [0.717, 1.165) is 11.3 Å². The van der Waals surface area contributed by atoms with Crippen LogP contribution in [0.2, 0.25) is 0 Å². The van der Waals surface area contributed by atoms with E-state index in [1.807, 2.05) is 27.7 Å². The largest absolute Gasteiger partial charge is 0.498 e. The molecule has 28 heavy (non-hydrogen) atoms. The number of nitrogens with one attached hydrogen (secondary N) is 1. The molecule has 0 spiro atoms. The van der Waals surface area contributed by atoms with Gasteiger partial charge in [-0.05, 0) is 35.1 Å². The average Bonchev–Trinajstić information content (AvgIpc) is 2.97. The highest BCUT2D eigenvalue weighted by molar-refractivity contribution is 7.92. The van der Waals surface area contributed by atoms with E-state index in [1.54, 1.807) is 0 Å². The van der Waals surface area contributed by atoms with Gasteiger partial charge in [0.15, 0.2) is 10.1 Å². The molecule has 0 saturated heterocycles. The van der Waals surface area contributed by atoms with Crippen molar-refractivity contribution in [2.75, 3.05) is 12.4 Å². The molecule has 1 aromatic carbocycles. The SMILES string of the molecule is COc1cc(S(N)(=O)=NC(=O)Nc2c(C(C)C)cc(F)cc2C(C)C)c(O)s1. The zero-order valence-corrected chi connectivity index (χ0v) is 17.9. The highest BCUT2D eigenvalue weighted by atomic mass is 32.2. The van der Waals surface area contributed by atoms with E-state index in [0.29, 0.717) is 16.8 Å². The Kier molecular flexibility index (Phi) is 6.68. The normalized spacial score (nSPS) is 13.5. The molecule has 1 aromatic heterocycles. The molecule has 10 heteroatoms. The summed E-state index contributed by atoms with van der Waals surface area (Å²) < 4.78 is 35.2. The summed E-state index contributed by atoms with van der Waals surface area (Å²) in [5.74, 6) is -0.549. The van der Waals surface area contributed by atoms with Crippen molar-refractivity contribution in [2.24, 2.45) is 9.50 Å². The Hall–Kier alpha value is -2.17. The molecule has 1 unspecified atom stereocenters. The summed E-state index contributed by atoms with van der Waals surface area (Å²) in [7, 11) is -2.32. The Morgan fingerprint density at radius 2 is 1.79 bits per heavy atom. The molecule has 0 aliphatic heterocycles. The molecule has 4 N–H and O–H groups in total. The molecule has 7 nitrogen and oxygen atoms in total. The third-order valence-corrected chi connectivity index (χ3v) is 6.44. The number of hydrogen-bond donors (Lipinski definition) is 3. The Morgan fingerprint density at radius 3 is 2.21 bits per heavy atom. The predicted octanol–water partition coefficient (Wildman–Crippen LogP) is 4.78. The topological polar surface area (TPSA) is 114 Å². The monoisotopic (exact) mass is 429 g/mol. The molecule has 0 aliphatic carbocycles. The molecule has 0 bridgehead atoms. The van der Waals surface area contributed by atoms with Crippen molar-refractivity contribution in [3.05, 3.63) is 35.1 Å². The maximum absolute atomic E-state index is 14.0. The van der Waals surface area contributed by atoms with Gasteiger partial charge in [0, 0.05) is 11.8 Å². The van der Waals surface area contributed by atoms with Gasteiger partial charge in [0.1, 0.15) is 20.6 Å². The molecular formula is C18H24FN3O4S2. The molecule has 2 amide bonds. The number of carbonyl (C=O) groups excluding carboxylic acids is 1. The third kappa shape index (κ3) is 4.81. The van der Waals surface area contributed by atoms with E-state index in [1.165, 1.54) is 25.3 Å². The predicted molar refractivity (Wildman–Crippen MR) is 109 cm³/mol. The minimum absolute atomic E-state index is 0.0732. The number of hydrogen-bond acceptors (Lipinski definition) is 5. The van der Waals surface area contributed by atoms with Crippen molar-refractivity contribution in [1.29, 1.82) is 0 Å². The Labute approximate surface area is 168 Å². The van der Waals surface area contributed by atoms with Crippen molar-refractivity contribution in [3.8, 4) is 10.1 Å². The van der Waals surface area contributed by atoms with Crippen LogP contribution in [0.25, 0.3) is 0 Å². The van der Waals surface area contributed by atoms with Gasteiger partial charge in [-0.3, -0.25) is 0 Å². The fourth-order valence-electron chi connectivity index (χ4n) is 2.66. The second-order valence-electron chi connectivity index (χ2n) is 6.80. The van der Waals surface area contributed by atoms with Crippen LogP contribution in [-0.4, -0.2) is 22.5 Å². The maximum Gasteiger partial charge on any atom is 0.354 e. The Morgan fingerprint density at radius 1 is 1.25 bits per heavy atom. The van der Waals surface area contributed by atoms with E-state index >= 15 is 0 Å². The number of methoxy groups -OCH3 is 1. The van der Waals surface area contributed by atoms with E-state index in [2.05, 4.69) is 9.68 Å². The number of ether oxygens (including phenoxy) is 1. The summed E-state index contributed by atoms with van der Waals surface area (Å²) in [5.41, 5.74) is 1.61. The van der Waals surface area contributed by atoms with Crippen LogP contribution < -0.4 is 15.2 Å².